The third-order valence-electron chi connectivity index (χ3n) is 5.81. The standard InChI is InChI=1S/C28H25FN4O/c1-19-14-23(10-12-27(19)34-24-6-2-5-22(29)16-24)33-28-25-15-20(9-11-26(25)31-18-32-28)7-8-21-4-3-13-30-17-21/h2,5-6,9-12,14-16,18,21,30H,3-4,13,17H2,1H3,(H,31,32,33). The number of hydrogen-bond donors (Lipinski definition) is 2. The van der Waals surface area contributed by atoms with Crippen molar-refractivity contribution in [2.45, 2.75) is 19.8 Å². The summed E-state index contributed by atoms with van der Waals surface area (Å²) in [5.74, 6) is 8.63. The van der Waals surface area contributed by atoms with E-state index in [2.05, 4.69) is 32.4 Å². The molecule has 6 heteroatoms. The van der Waals surface area contributed by atoms with Crippen LogP contribution in [0.2, 0.25) is 0 Å². The van der Waals surface area contributed by atoms with Crippen molar-refractivity contribution < 1.29 is 9.13 Å². The van der Waals surface area contributed by atoms with Crippen LogP contribution >= 0.6 is 0 Å². The molecule has 2 heterocycles. The second-order valence-corrected chi connectivity index (χ2v) is 8.43. The van der Waals surface area contributed by atoms with E-state index in [9.17, 15) is 4.39 Å². The van der Waals surface area contributed by atoms with Crippen LogP contribution in [0.5, 0.6) is 11.5 Å². The van der Waals surface area contributed by atoms with E-state index in [0.717, 1.165) is 47.2 Å². The number of hydrogen-bond acceptors (Lipinski definition) is 5. The van der Waals surface area contributed by atoms with E-state index in [1.165, 1.54) is 18.6 Å². The van der Waals surface area contributed by atoms with Crippen LogP contribution in [-0.4, -0.2) is 23.1 Å². The van der Waals surface area contributed by atoms with Gasteiger partial charge in [-0.05, 0) is 80.4 Å². The van der Waals surface area contributed by atoms with Crippen molar-refractivity contribution in [1.29, 1.82) is 0 Å². The molecule has 5 rings (SSSR count). The number of benzene rings is 3. The van der Waals surface area contributed by atoms with Gasteiger partial charge in [0.2, 0.25) is 0 Å². The highest BCUT2D eigenvalue weighted by atomic mass is 19.1. The van der Waals surface area contributed by atoms with Crippen molar-refractivity contribution in [3.05, 3.63) is 83.9 Å². The first-order valence-electron chi connectivity index (χ1n) is 11.4. The van der Waals surface area contributed by atoms with Gasteiger partial charge in [0.25, 0.3) is 0 Å². The zero-order chi connectivity index (χ0) is 23.3. The van der Waals surface area contributed by atoms with E-state index in [-0.39, 0.29) is 5.82 Å². The SMILES string of the molecule is Cc1cc(Nc2ncnc3ccc(C#CC4CCCNC4)cc23)ccc1Oc1cccc(F)c1. The van der Waals surface area contributed by atoms with Crippen LogP contribution in [0.1, 0.15) is 24.0 Å². The molecule has 1 aliphatic heterocycles. The van der Waals surface area contributed by atoms with E-state index >= 15 is 0 Å². The lowest BCUT2D eigenvalue weighted by atomic mass is 10.00. The Kier molecular flexibility index (Phi) is 6.37. The van der Waals surface area contributed by atoms with Crippen molar-refractivity contribution >= 4 is 22.4 Å². The van der Waals surface area contributed by atoms with Gasteiger partial charge in [0.05, 0.1) is 5.52 Å². The number of nitrogens with zero attached hydrogens (tertiary/aromatic N) is 2. The maximum absolute atomic E-state index is 13.5. The molecule has 0 bridgehead atoms. The van der Waals surface area contributed by atoms with Crippen molar-refractivity contribution in [3.8, 4) is 23.3 Å². The fourth-order valence-electron chi connectivity index (χ4n) is 4.03. The molecule has 1 aromatic heterocycles. The molecular formula is C28H25FN4O. The van der Waals surface area contributed by atoms with Gasteiger partial charge in [-0.25, -0.2) is 14.4 Å². The average molecular weight is 453 g/mol. The molecule has 0 aliphatic carbocycles. The first kappa shape index (κ1) is 21.9. The van der Waals surface area contributed by atoms with Crippen LogP contribution in [0.25, 0.3) is 10.9 Å². The van der Waals surface area contributed by atoms with Crippen molar-refractivity contribution in [2.75, 3.05) is 18.4 Å². The number of rotatable bonds is 4. The lowest BCUT2D eigenvalue weighted by molar-refractivity contribution is 0.449. The zero-order valence-electron chi connectivity index (χ0n) is 18.9. The Balaban J connectivity index is 1.37. The Morgan fingerprint density at radius 2 is 2.03 bits per heavy atom. The van der Waals surface area contributed by atoms with E-state index in [1.807, 2.05) is 43.3 Å². The van der Waals surface area contributed by atoms with Crippen molar-refractivity contribution in [1.82, 2.24) is 15.3 Å². The Morgan fingerprint density at radius 3 is 2.85 bits per heavy atom. The topological polar surface area (TPSA) is 59.1 Å². The highest BCUT2D eigenvalue weighted by molar-refractivity contribution is 5.91. The molecule has 170 valence electrons. The number of aryl methyl sites for hydroxylation is 1. The first-order valence-corrected chi connectivity index (χ1v) is 11.4. The highest BCUT2D eigenvalue weighted by Crippen LogP contribution is 2.30. The number of aromatic nitrogens is 2. The third kappa shape index (κ3) is 5.16. The molecule has 0 saturated carbocycles. The Morgan fingerprint density at radius 1 is 1.09 bits per heavy atom. The summed E-state index contributed by atoms with van der Waals surface area (Å²) in [5.41, 5.74) is 3.59. The summed E-state index contributed by atoms with van der Waals surface area (Å²) in [6, 6.07) is 17.9. The molecule has 1 aliphatic rings. The van der Waals surface area contributed by atoms with Crippen LogP contribution in [-0.2, 0) is 0 Å². The largest absolute Gasteiger partial charge is 0.457 e. The second kappa shape index (κ2) is 9.90. The molecule has 1 fully saturated rings. The fraction of sp³-hybridized carbons (Fsp3) is 0.214. The van der Waals surface area contributed by atoms with Gasteiger partial charge in [-0.15, -0.1) is 0 Å². The molecule has 2 N–H and O–H groups in total. The zero-order valence-corrected chi connectivity index (χ0v) is 18.9. The molecule has 3 aromatic carbocycles. The van der Waals surface area contributed by atoms with Crippen LogP contribution in [0.3, 0.4) is 0 Å². The Labute approximate surface area is 198 Å². The van der Waals surface area contributed by atoms with Gasteiger partial charge in [-0.3, -0.25) is 0 Å². The molecule has 5 nitrogen and oxygen atoms in total. The van der Waals surface area contributed by atoms with Gasteiger partial charge < -0.3 is 15.4 Å². The summed E-state index contributed by atoms with van der Waals surface area (Å²) < 4.78 is 19.3. The first-order chi connectivity index (χ1) is 16.6. The molecule has 0 radical (unpaired) electrons. The predicted molar refractivity (Wildman–Crippen MR) is 133 cm³/mol. The van der Waals surface area contributed by atoms with Gasteiger partial charge in [-0.1, -0.05) is 17.9 Å². The summed E-state index contributed by atoms with van der Waals surface area (Å²) in [6.45, 7) is 3.98. The van der Waals surface area contributed by atoms with Gasteiger partial charge in [-0.2, -0.15) is 0 Å². The normalized spacial score (nSPS) is 15.4. The summed E-state index contributed by atoms with van der Waals surface area (Å²) in [6.07, 6.45) is 3.87. The number of nitrogens with one attached hydrogen (secondary N) is 2. The average Bonchev–Trinajstić information content (AvgIpc) is 2.85. The second-order valence-electron chi connectivity index (χ2n) is 8.43. The Bertz CT molecular complexity index is 1390. The quantitative estimate of drug-likeness (QED) is 0.374. The number of ether oxygens (including phenoxy) is 1. The smallest absolute Gasteiger partial charge is 0.141 e. The summed E-state index contributed by atoms with van der Waals surface area (Å²) in [4.78, 5) is 8.87. The highest BCUT2D eigenvalue weighted by Gasteiger charge is 2.10. The number of piperidine rings is 1. The lowest BCUT2D eigenvalue weighted by Gasteiger charge is -2.17. The molecule has 1 atom stereocenters. The summed E-state index contributed by atoms with van der Waals surface area (Å²) in [5, 5.41) is 7.71. The van der Waals surface area contributed by atoms with E-state index < -0.39 is 0 Å². The van der Waals surface area contributed by atoms with Gasteiger partial charge >= 0.3 is 0 Å². The summed E-state index contributed by atoms with van der Waals surface area (Å²) >= 11 is 0. The maximum Gasteiger partial charge on any atom is 0.141 e. The van der Waals surface area contributed by atoms with Gasteiger partial charge in [0.15, 0.2) is 0 Å². The molecule has 1 unspecified atom stereocenters. The number of anilines is 2. The number of halogens is 1. The van der Waals surface area contributed by atoms with Crippen LogP contribution < -0.4 is 15.4 Å². The third-order valence-corrected chi connectivity index (χ3v) is 5.81. The van der Waals surface area contributed by atoms with Crippen molar-refractivity contribution in [2.24, 2.45) is 5.92 Å². The van der Waals surface area contributed by atoms with Gasteiger partial charge in [0, 0.05) is 35.2 Å². The minimum atomic E-state index is -0.330. The van der Waals surface area contributed by atoms with Crippen LogP contribution in [0.4, 0.5) is 15.9 Å². The van der Waals surface area contributed by atoms with E-state index in [0.29, 0.717) is 23.2 Å². The van der Waals surface area contributed by atoms with Crippen molar-refractivity contribution in [3.63, 3.8) is 0 Å². The molecule has 1 saturated heterocycles. The van der Waals surface area contributed by atoms with Crippen LogP contribution in [0.15, 0.2) is 67.0 Å². The van der Waals surface area contributed by atoms with E-state index in [4.69, 9.17) is 4.74 Å². The monoisotopic (exact) mass is 452 g/mol. The van der Waals surface area contributed by atoms with Crippen LogP contribution in [0, 0.1) is 30.5 Å². The number of fused-ring (bicyclic) bond motifs is 1. The molecule has 0 amide bonds. The lowest BCUT2D eigenvalue weighted by Crippen LogP contribution is -2.28. The maximum atomic E-state index is 13.5. The summed E-state index contributed by atoms with van der Waals surface area (Å²) in [7, 11) is 0. The molecular weight excluding hydrogens is 427 g/mol. The molecule has 0 spiro atoms. The fourth-order valence-corrected chi connectivity index (χ4v) is 4.03. The molecule has 34 heavy (non-hydrogen) atoms. The predicted octanol–water partition coefficient (Wildman–Crippen LogP) is 5.96. The van der Waals surface area contributed by atoms with Gasteiger partial charge in [0.1, 0.15) is 29.5 Å². The Hall–Kier alpha value is -3.95. The minimum Gasteiger partial charge on any atom is -0.457 e. The van der Waals surface area contributed by atoms with E-state index in [1.54, 1.807) is 18.5 Å². The molecule has 4 aromatic rings. The minimum absolute atomic E-state index is 0.330.